The zero-order valence-electron chi connectivity index (χ0n) is 11.4. The lowest BCUT2D eigenvalue weighted by atomic mass is 10.1. The molecule has 0 amide bonds. The highest BCUT2D eigenvalue weighted by Crippen LogP contribution is 2.17. The van der Waals surface area contributed by atoms with E-state index in [1.54, 1.807) is 6.20 Å². The van der Waals surface area contributed by atoms with Gasteiger partial charge < -0.3 is 15.2 Å². The maximum Gasteiger partial charge on any atom is 0.276 e. The van der Waals surface area contributed by atoms with Gasteiger partial charge in [-0.15, -0.1) is 0 Å². The minimum absolute atomic E-state index is 0.214. The van der Waals surface area contributed by atoms with Crippen LogP contribution in [0.2, 0.25) is 0 Å². The van der Waals surface area contributed by atoms with E-state index in [0.29, 0.717) is 17.4 Å². The molecule has 1 aliphatic heterocycles. The Morgan fingerprint density at radius 2 is 2.10 bits per heavy atom. The monoisotopic (exact) mass is 273 g/mol. The average molecular weight is 273 g/mol. The summed E-state index contributed by atoms with van der Waals surface area (Å²) in [5.74, 6) is 0.978. The van der Waals surface area contributed by atoms with Gasteiger partial charge >= 0.3 is 0 Å². The van der Waals surface area contributed by atoms with Gasteiger partial charge in [-0.1, -0.05) is 17.6 Å². The molecule has 0 aromatic carbocycles. The van der Waals surface area contributed by atoms with Crippen LogP contribution in [0.3, 0.4) is 0 Å². The normalized spacial score (nSPS) is 18.1. The molecule has 6 nitrogen and oxygen atoms in total. The lowest BCUT2D eigenvalue weighted by Crippen LogP contribution is -2.36. The van der Waals surface area contributed by atoms with Crippen molar-refractivity contribution >= 4 is 0 Å². The number of piperidine rings is 1. The minimum atomic E-state index is -0.214. The van der Waals surface area contributed by atoms with Crippen LogP contribution in [0.1, 0.15) is 31.1 Å². The zero-order chi connectivity index (χ0) is 13.8. The van der Waals surface area contributed by atoms with Gasteiger partial charge in [-0.05, 0) is 38.1 Å². The number of nitrogens with zero attached hydrogens (tertiary/aromatic N) is 4. The molecule has 0 saturated carbocycles. The molecule has 1 atom stereocenters. The molecule has 6 heteroatoms. The lowest BCUT2D eigenvalue weighted by molar-refractivity contribution is 0.213. The quantitative estimate of drug-likeness (QED) is 0.911. The van der Waals surface area contributed by atoms with Crippen LogP contribution in [0.5, 0.6) is 0 Å². The molecule has 0 radical (unpaired) electrons. The van der Waals surface area contributed by atoms with Gasteiger partial charge in [0.05, 0.1) is 6.04 Å². The molecule has 0 bridgehead atoms. The van der Waals surface area contributed by atoms with Gasteiger partial charge in [0.2, 0.25) is 0 Å². The lowest BCUT2D eigenvalue weighted by Gasteiger charge is -2.27. The predicted octanol–water partition coefficient (Wildman–Crippen LogP) is 1.62. The first kappa shape index (κ1) is 13.2. The summed E-state index contributed by atoms with van der Waals surface area (Å²) >= 11 is 0. The van der Waals surface area contributed by atoms with Gasteiger partial charge in [-0.25, -0.2) is 0 Å². The van der Waals surface area contributed by atoms with Gasteiger partial charge in [0.25, 0.3) is 5.89 Å². The molecule has 2 aromatic heterocycles. The number of rotatable bonds is 4. The largest absolute Gasteiger partial charge is 0.332 e. The number of hydrogen-bond acceptors (Lipinski definition) is 6. The van der Waals surface area contributed by atoms with Crippen LogP contribution < -0.4 is 5.73 Å². The number of nitrogens with two attached hydrogens (primary N) is 1. The summed E-state index contributed by atoms with van der Waals surface area (Å²) < 4.78 is 5.24. The van der Waals surface area contributed by atoms with E-state index >= 15 is 0 Å². The fourth-order valence-corrected chi connectivity index (χ4v) is 2.48. The maximum atomic E-state index is 6.17. The molecule has 1 unspecified atom stereocenters. The van der Waals surface area contributed by atoms with E-state index < -0.39 is 0 Å². The highest BCUT2D eigenvalue weighted by molar-refractivity contribution is 5.45. The first-order valence-electron chi connectivity index (χ1n) is 7.06. The fourth-order valence-electron chi connectivity index (χ4n) is 2.48. The third-order valence-corrected chi connectivity index (χ3v) is 3.56. The van der Waals surface area contributed by atoms with E-state index in [-0.39, 0.29) is 6.04 Å². The Balaban J connectivity index is 1.66. The first-order chi connectivity index (χ1) is 9.83. The van der Waals surface area contributed by atoms with E-state index in [2.05, 4.69) is 20.0 Å². The highest BCUT2D eigenvalue weighted by Gasteiger charge is 2.19. The van der Waals surface area contributed by atoms with Crippen LogP contribution in [0.25, 0.3) is 11.6 Å². The number of aromatic nitrogens is 3. The summed E-state index contributed by atoms with van der Waals surface area (Å²) in [5.41, 5.74) is 6.85. The van der Waals surface area contributed by atoms with Crippen LogP contribution in [-0.4, -0.2) is 39.7 Å². The second kappa shape index (κ2) is 6.11. The summed E-state index contributed by atoms with van der Waals surface area (Å²) in [6.45, 7) is 3.00. The molecule has 0 aliphatic carbocycles. The van der Waals surface area contributed by atoms with Crippen molar-refractivity contribution in [3.63, 3.8) is 0 Å². The van der Waals surface area contributed by atoms with E-state index in [9.17, 15) is 0 Å². The van der Waals surface area contributed by atoms with Crippen molar-refractivity contribution in [1.29, 1.82) is 0 Å². The number of pyridine rings is 1. The summed E-state index contributed by atoms with van der Waals surface area (Å²) in [6.07, 6.45) is 5.51. The van der Waals surface area contributed by atoms with Gasteiger partial charge in [0.15, 0.2) is 5.82 Å². The van der Waals surface area contributed by atoms with E-state index in [1.807, 2.05) is 18.2 Å². The Bertz CT molecular complexity index is 536. The Hall–Kier alpha value is -1.79. The molecule has 1 saturated heterocycles. The summed E-state index contributed by atoms with van der Waals surface area (Å²) in [4.78, 5) is 10.9. The van der Waals surface area contributed by atoms with Crippen molar-refractivity contribution in [3.8, 4) is 11.6 Å². The van der Waals surface area contributed by atoms with Crippen LogP contribution in [0.15, 0.2) is 28.9 Å². The topological polar surface area (TPSA) is 81.1 Å². The Morgan fingerprint density at radius 3 is 2.85 bits per heavy atom. The molecule has 0 spiro atoms. The van der Waals surface area contributed by atoms with Crippen molar-refractivity contribution < 1.29 is 4.52 Å². The van der Waals surface area contributed by atoms with E-state index in [4.69, 9.17) is 10.3 Å². The third kappa shape index (κ3) is 3.02. The Labute approximate surface area is 118 Å². The molecule has 106 valence electrons. The van der Waals surface area contributed by atoms with Crippen LogP contribution in [-0.2, 0) is 0 Å². The summed E-state index contributed by atoms with van der Waals surface area (Å²) in [6, 6.07) is 5.37. The van der Waals surface area contributed by atoms with Gasteiger partial charge in [0.1, 0.15) is 5.69 Å². The molecule has 1 aliphatic rings. The number of hydrogen-bond donors (Lipinski definition) is 1. The second-order valence-corrected chi connectivity index (χ2v) is 5.14. The SMILES string of the molecule is NC(CN1CCCCC1)c1noc(-c2ccccn2)n1. The molecular weight excluding hydrogens is 254 g/mol. The van der Waals surface area contributed by atoms with Crippen LogP contribution in [0, 0.1) is 0 Å². The molecule has 1 fully saturated rings. The smallest absolute Gasteiger partial charge is 0.276 e. The molecule has 3 heterocycles. The Morgan fingerprint density at radius 1 is 1.25 bits per heavy atom. The van der Waals surface area contributed by atoms with Crippen molar-refractivity contribution in [2.75, 3.05) is 19.6 Å². The summed E-state index contributed by atoms with van der Waals surface area (Å²) in [7, 11) is 0. The average Bonchev–Trinajstić information content (AvgIpc) is 2.99. The van der Waals surface area contributed by atoms with Crippen molar-refractivity contribution in [3.05, 3.63) is 30.2 Å². The van der Waals surface area contributed by atoms with Crippen molar-refractivity contribution in [1.82, 2.24) is 20.0 Å². The van der Waals surface area contributed by atoms with Crippen molar-refractivity contribution in [2.45, 2.75) is 25.3 Å². The standard InChI is InChI=1S/C14H19N5O/c15-11(10-19-8-4-1-5-9-19)13-17-14(20-18-13)12-6-2-3-7-16-12/h2-3,6-7,11H,1,4-5,8-10,15H2. The minimum Gasteiger partial charge on any atom is -0.332 e. The van der Waals surface area contributed by atoms with Gasteiger partial charge in [-0.3, -0.25) is 4.98 Å². The predicted molar refractivity (Wildman–Crippen MR) is 74.7 cm³/mol. The molecule has 2 aromatic rings. The highest BCUT2D eigenvalue weighted by atomic mass is 16.5. The number of likely N-dealkylation sites (tertiary alicyclic amines) is 1. The molecule has 2 N–H and O–H groups in total. The summed E-state index contributed by atoms with van der Waals surface area (Å²) in [5, 5.41) is 3.98. The Kier molecular flexibility index (Phi) is 4.03. The maximum absolute atomic E-state index is 6.17. The fraction of sp³-hybridized carbons (Fsp3) is 0.500. The zero-order valence-corrected chi connectivity index (χ0v) is 11.4. The van der Waals surface area contributed by atoms with Crippen LogP contribution >= 0.6 is 0 Å². The molecule has 3 rings (SSSR count). The van der Waals surface area contributed by atoms with Crippen LogP contribution in [0.4, 0.5) is 0 Å². The van der Waals surface area contributed by atoms with Crippen molar-refractivity contribution in [2.24, 2.45) is 5.73 Å². The molecule has 20 heavy (non-hydrogen) atoms. The van der Waals surface area contributed by atoms with E-state index in [0.717, 1.165) is 19.6 Å². The first-order valence-corrected chi connectivity index (χ1v) is 7.06. The van der Waals surface area contributed by atoms with E-state index in [1.165, 1.54) is 19.3 Å². The van der Waals surface area contributed by atoms with Gasteiger partial charge in [-0.2, -0.15) is 4.98 Å². The van der Waals surface area contributed by atoms with Gasteiger partial charge in [0, 0.05) is 12.7 Å². The third-order valence-electron chi connectivity index (χ3n) is 3.56. The second-order valence-electron chi connectivity index (χ2n) is 5.14. The molecular formula is C14H19N5O.